The van der Waals surface area contributed by atoms with Gasteiger partial charge in [0.05, 0.1) is 11.6 Å². The molecule has 0 aromatic heterocycles. The third-order valence-corrected chi connectivity index (χ3v) is 5.49. The lowest BCUT2D eigenvalue weighted by Crippen LogP contribution is -2.18. The first-order valence-electron chi connectivity index (χ1n) is 9.75. The minimum Gasteiger partial charge on any atom is -0.381 e. The van der Waals surface area contributed by atoms with Gasteiger partial charge < -0.3 is 10.1 Å². The molecule has 1 N–H and O–H groups in total. The van der Waals surface area contributed by atoms with Crippen molar-refractivity contribution in [3.05, 3.63) is 53.6 Å². The number of hydrogen-bond donors (Lipinski definition) is 1. The van der Waals surface area contributed by atoms with Crippen LogP contribution in [0.4, 0.5) is 5.69 Å². The maximum atomic E-state index is 12.0. The van der Waals surface area contributed by atoms with E-state index in [1.165, 1.54) is 0 Å². The second-order valence-corrected chi connectivity index (χ2v) is 7.59. The van der Waals surface area contributed by atoms with Crippen LogP contribution in [0, 0.1) is 23.2 Å². The van der Waals surface area contributed by atoms with E-state index in [1.54, 1.807) is 0 Å². The van der Waals surface area contributed by atoms with Crippen LogP contribution in [-0.4, -0.2) is 19.1 Å². The number of amides is 1. The van der Waals surface area contributed by atoms with E-state index < -0.39 is 0 Å². The Labute approximate surface area is 160 Å². The van der Waals surface area contributed by atoms with Crippen LogP contribution >= 0.6 is 0 Å². The highest BCUT2D eigenvalue weighted by molar-refractivity contribution is 5.94. The monoisotopic (exact) mass is 360 g/mol. The van der Waals surface area contributed by atoms with Crippen molar-refractivity contribution in [2.45, 2.75) is 32.1 Å². The van der Waals surface area contributed by atoms with Crippen molar-refractivity contribution in [3.8, 4) is 17.2 Å². The van der Waals surface area contributed by atoms with Crippen LogP contribution in [0.25, 0.3) is 11.1 Å². The summed E-state index contributed by atoms with van der Waals surface area (Å²) in [5.41, 5.74) is 4.69. The zero-order valence-electron chi connectivity index (χ0n) is 15.4. The number of carbonyl (C=O) groups excluding carboxylic acids is 1. The first-order chi connectivity index (χ1) is 13.2. The summed E-state index contributed by atoms with van der Waals surface area (Å²) >= 11 is 0. The molecule has 1 amide bonds. The quantitative estimate of drug-likeness (QED) is 0.851. The fraction of sp³-hybridized carbons (Fsp3) is 0.391. The van der Waals surface area contributed by atoms with Gasteiger partial charge >= 0.3 is 0 Å². The highest BCUT2D eigenvalue weighted by Crippen LogP contribution is 2.31. The van der Waals surface area contributed by atoms with Crippen molar-refractivity contribution in [1.82, 2.24) is 0 Å². The fourth-order valence-corrected chi connectivity index (χ4v) is 3.67. The summed E-state index contributed by atoms with van der Waals surface area (Å²) in [4.78, 5) is 12.0. The van der Waals surface area contributed by atoms with Gasteiger partial charge in [-0.05, 0) is 72.9 Å². The molecular formula is C23H24N2O2. The molecule has 2 aromatic rings. The van der Waals surface area contributed by atoms with E-state index in [1.807, 2.05) is 30.3 Å². The Kier molecular flexibility index (Phi) is 5.22. The van der Waals surface area contributed by atoms with Crippen molar-refractivity contribution in [2.24, 2.45) is 11.8 Å². The molecule has 2 aliphatic rings. The van der Waals surface area contributed by atoms with Crippen molar-refractivity contribution in [3.63, 3.8) is 0 Å². The molecule has 1 aliphatic carbocycles. The average Bonchev–Trinajstić information content (AvgIpc) is 3.55. The van der Waals surface area contributed by atoms with Crippen LogP contribution in [0.2, 0.25) is 0 Å². The van der Waals surface area contributed by atoms with Crippen LogP contribution in [-0.2, 0) is 16.0 Å². The molecule has 1 aliphatic heterocycles. The summed E-state index contributed by atoms with van der Waals surface area (Å²) in [7, 11) is 0. The number of rotatable bonds is 5. The van der Waals surface area contributed by atoms with Crippen molar-refractivity contribution in [2.75, 3.05) is 18.5 Å². The Morgan fingerprint density at radius 3 is 2.59 bits per heavy atom. The molecule has 4 heteroatoms. The molecule has 0 radical (unpaired) electrons. The third kappa shape index (κ3) is 4.37. The minimum absolute atomic E-state index is 0.108. The highest BCUT2D eigenvalue weighted by Gasteiger charge is 2.29. The maximum Gasteiger partial charge on any atom is 0.227 e. The molecule has 27 heavy (non-hydrogen) atoms. The molecule has 4 rings (SSSR count). The summed E-state index contributed by atoms with van der Waals surface area (Å²) in [6, 6.07) is 16.3. The van der Waals surface area contributed by atoms with E-state index >= 15 is 0 Å². The van der Waals surface area contributed by atoms with Crippen LogP contribution in [0.1, 0.15) is 36.8 Å². The van der Waals surface area contributed by atoms with Crippen LogP contribution < -0.4 is 5.32 Å². The Balaban J connectivity index is 1.53. The van der Waals surface area contributed by atoms with Gasteiger partial charge in [-0.25, -0.2) is 0 Å². The summed E-state index contributed by atoms with van der Waals surface area (Å²) < 4.78 is 5.43. The second kappa shape index (κ2) is 7.94. The SMILES string of the molecule is N#Cc1cc(-c2cccc(NC(=O)C3CC3)c2)ccc1CC1CCOCC1. The molecule has 138 valence electrons. The highest BCUT2D eigenvalue weighted by atomic mass is 16.5. The molecule has 1 saturated carbocycles. The largest absolute Gasteiger partial charge is 0.381 e. The summed E-state index contributed by atoms with van der Waals surface area (Å²) in [6.07, 6.45) is 5.05. The standard InChI is InChI=1S/C23H24N2O2/c24-15-21-13-20(7-6-19(21)12-16-8-10-27-11-9-16)18-2-1-3-22(14-18)25-23(26)17-4-5-17/h1-3,6-7,13-14,16-17H,4-5,8-12H2,(H,25,26). The van der Waals surface area contributed by atoms with E-state index in [-0.39, 0.29) is 11.8 Å². The molecule has 1 heterocycles. The first-order valence-corrected chi connectivity index (χ1v) is 9.75. The minimum atomic E-state index is 0.108. The lowest BCUT2D eigenvalue weighted by Gasteiger charge is -2.22. The van der Waals surface area contributed by atoms with E-state index in [0.29, 0.717) is 5.92 Å². The van der Waals surface area contributed by atoms with Gasteiger partial charge in [-0.1, -0.05) is 24.3 Å². The van der Waals surface area contributed by atoms with E-state index in [0.717, 1.165) is 73.3 Å². The van der Waals surface area contributed by atoms with Crippen LogP contribution in [0.3, 0.4) is 0 Å². The summed E-state index contributed by atoms with van der Waals surface area (Å²) in [5, 5.41) is 12.6. The zero-order chi connectivity index (χ0) is 18.6. The van der Waals surface area contributed by atoms with Crippen LogP contribution in [0.15, 0.2) is 42.5 Å². The number of nitrogens with zero attached hydrogens (tertiary/aromatic N) is 1. The van der Waals surface area contributed by atoms with Gasteiger partial charge in [-0.3, -0.25) is 4.79 Å². The Morgan fingerprint density at radius 1 is 1.07 bits per heavy atom. The van der Waals surface area contributed by atoms with Gasteiger partial charge in [0.15, 0.2) is 0 Å². The molecule has 0 atom stereocenters. The van der Waals surface area contributed by atoms with Crippen molar-refractivity contribution in [1.29, 1.82) is 5.26 Å². The number of benzene rings is 2. The van der Waals surface area contributed by atoms with E-state index in [2.05, 4.69) is 23.5 Å². The summed E-state index contributed by atoms with van der Waals surface area (Å²) in [6.45, 7) is 1.65. The van der Waals surface area contributed by atoms with Gasteiger partial charge in [0.1, 0.15) is 0 Å². The topological polar surface area (TPSA) is 62.1 Å². The van der Waals surface area contributed by atoms with Gasteiger partial charge in [-0.15, -0.1) is 0 Å². The molecule has 0 spiro atoms. The van der Waals surface area contributed by atoms with E-state index in [4.69, 9.17) is 4.74 Å². The molecule has 0 bridgehead atoms. The number of anilines is 1. The molecule has 4 nitrogen and oxygen atoms in total. The number of nitriles is 1. The fourth-order valence-electron chi connectivity index (χ4n) is 3.67. The Morgan fingerprint density at radius 2 is 1.85 bits per heavy atom. The molecule has 2 fully saturated rings. The Hall–Kier alpha value is -2.64. The Bertz CT molecular complexity index is 874. The third-order valence-electron chi connectivity index (χ3n) is 5.49. The molecular weight excluding hydrogens is 336 g/mol. The number of ether oxygens (including phenoxy) is 1. The lowest BCUT2D eigenvalue weighted by molar-refractivity contribution is -0.117. The second-order valence-electron chi connectivity index (χ2n) is 7.59. The average molecular weight is 360 g/mol. The molecule has 1 saturated heterocycles. The normalized spacial score (nSPS) is 17.3. The van der Waals surface area contributed by atoms with Crippen LogP contribution in [0.5, 0.6) is 0 Å². The molecule has 0 unspecified atom stereocenters. The zero-order valence-corrected chi connectivity index (χ0v) is 15.4. The summed E-state index contributed by atoms with van der Waals surface area (Å²) in [5.74, 6) is 0.887. The number of hydrogen-bond acceptors (Lipinski definition) is 3. The van der Waals surface area contributed by atoms with Gasteiger partial charge in [0, 0.05) is 24.8 Å². The van der Waals surface area contributed by atoms with Gasteiger partial charge in [-0.2, -0.15) is 5.26 Å². The smallest absolute Gasteiger partial charge is 0.227 e. The molecule has 2 aromatic carbocycles. The number of nitrogens with one attached hydrogen (secondary N) is 1. The van der Waals surface area contributed by atoms with Gasteiger partial charge in [0.2, 0.25) is 5.91 Å². The predicted octanol–water partition coefficient (Wildman–Crippen LogP) is 4.54. The van der Waals surface area contributed by atoms with Crippen molar-refractivity contribution < 1.29 is 9.53 Å². The van der Waals surface area contributed by atoms with Gasteiger partial charge in [0.25, 0.3) is 0 Å². The van der Waals surface area contributed by atoms with Crippen molar-refractivity contribution >= 4 is 11.6 Å². The lowest BCUT2D eigenvalue weighted by atomic mass is 9.89. The first kappa shape index (κ1) is 17.8. The predicted molar refractivity (Wildman–Crippen MR) is 105 cm³/mol. The number of carbonyl (C=O) groups is 1. The van der Waals surface area contributed by atoms with E-state index in [9.17, 15) is 10.1 Å². The maximum absolute atomic E-state index is 12.0.